The van der Waals surface area contributed by atoms with E-state index in [-0.39, 0.29) is 0 Å². The lowest BCUT2D eigenvalue weighted by molar-refractivity contribution is 0.0648. The average Bonchev–Trinajstić information content (AvgIpc) is 3.15. The van der Waals surface area contributed by atoms with Gasteiger partial charge in [0.25, 0.3) is 0 Å². The third-order valence-corrected chi connectivity index (χ3v) is 6.13. The summed E-state index contributed by atoms with van der Waals surface area (Å²) in [4.78, 5) is 6.42. The van der Waals surface area contributed by atoms with E-state index in [1.165, 1.54) is 0 Å². The minimum absolute atomic E-state index is 0.331. The molecule has 1 aromatic rings. The van der Waals surface area contributed by atoms with Gasteiger partial charge in [0.05, 0.1) is 19.5 Å². The fraction of sp³-hybridized carbons (Fsp3) is 0.800. The van der Waals surface area contributed by atoms with Gasteiger partial charge in [0.2, 0.25) is 0 Å². The van der Waals surface area contributed by atoms with E-state index in [4.69, 9.17) is 22.8 Å². The molecular weight excluding hydrogens is 316 g/mol. The first-order chi connectivity index (χ1) is 11.3. The topological polar surface area (TPSA) is 78.1 Å². The number of hydrogen-bond donors (Lipinski definition) is 1. The molecule has 0 bridgehead atoms. The van der Waals surface area contributed by atoms with Crippen LogP contribution in [-0.2, 0) is 22.8 Å². The quantitative estimate of drug-likeness (QED) is 0.355. The zero-order chi connectivity index (χ0) is 16.8. The van der Waals surface area contributed by atoms with Gasteiger partial charge in [-0.15, -0.1) is 0 Å². The van der Waals surface area contributed by atoms with Crippen LogP contribution in [0.2, 0.25) is 6.04 Å². The molecule has 0 aliphatic carbocycles. The minimum Gasteiger partial charge on any atom is -0.379 e. The second kappa shape index (κ2) is 12.6. The Morgan fingerprint density at radius 2 is 1.83 bits per heavy atom. The summed E-state index contributed by atoms with van der Waals surface area (Å²) in [5.41, 5.74) is 0. The summed E-state index contributed by atoms with van der Waals surface area (Å²) in [5.74, 6) is 0. The van der Waals surface area contributed by atoms with Crippen molar-refractivity contribution in [3.8, 4) is 0 Å². The van der Waals surface area contributed by atoms with Gasteiger partial charge in [0, 0.05) is 44.9 Å². The molecule has 1 saturated heterocycles. The van der Waals surface area contributed by atoms with Crippen molar-refractivity contribution in [2.45, 2.75) is 39.3 Å². The van der Waals surface area contributed by atoms with Gasteiger partial charge < -0.3 is 27.7 Å². The van der Waals surface area contributed by atoms with Crippen molar-refractivity contribution in [2.24, 2.45) is 0 Å². The molecule has 1 aromatic heterocycles. The van der Waals surface area contributed by atoms with Crippen molar-refractivity contribution >= 4 is 8.80 Å². The molecule has 1 unspecified atom stereocenters. The molecule has 1 fully saturated rings. The summed E-state index contributed by atoms with van der Waals surface area (Å²) in [5, 5.41) is 0. The molecule has 2 heterocycles. The number of aromatic nitrogens is 2. The van der Waals surface area contributed by atoms with E-state index in [1.807, 2.05) is 20.8 Å². The number of rotatable bonds is 12. The molecule has 1 aliphatic rings. The first-order valence-corrected chi connectivity index (χ1v) is 10.2. The molecular formula is C15H30N2O5Si. The number of imidazole rings is 1. The Labute approximate surface area is 140 Å². The van der Waals surface area contributed by atoms with Gasteiger partial charge in [0.15, 0.2) is 0 Å². The first kappa shape index (κ1) is 20.3. The minimum atomic E-state index is -2.47. The van der Waals surface area contributed by atoms with Crippen LogP contribution in [0.1, 0.15) is 27.2 Å². The van der Waals surface area contributed by atoms with Gasteiger partial charge in [-0.2, -0.15) is 0 Å². The van der Waals surface area contributed by atoms with Crippen molar-refractivity contribution in [3.05, 3.63) is 18.7 Å². The van der Waals surface area contributed by atoms with Crippen LogP contribution in [0.4, 0.5) is 0 Å². The summed E-state index contributed by atoms with van der Waals surface area (Å²) >= 11 is 0. The third kappa shape index (κ3) is 9.85. The number of ether oxygens (including phenoxy) is 2. The molecule has 0 spiro atoms. The maximum atomic E-state index is 5.76. The highest BCUT2D eigenvalue weighted by atomic mass is 28.4. The highest BCUT2D eigenvalue weighted by Crippen LogP contribution is 2.18. The monoisotopic (exact) mass is 346 g/mol. The number of nitrogens with one attached hydrogen (secondary N) is 1. The number of aromatic amines is 1. The standard InChI is InChI=1S/C12H26O5Si.C3H4N2/c1-4-15-18(16-5-2,17-6-3)9-7-8-13-10-12-11-14-12;1-2-5-3-4-1/h12H,4-11H2,1-3H3;1-3H,(H,4,5). The molecule has 134 valence electrons. The molecule has 0 amide bonds. The molecule has 1 aliphatic heterocycles. The van der Waals surface area contributed by atoms with Gasteiger partial charge in [0.1, 0.15) is 6.10 Å². The second-order valence-electron chi connectivity index (χ2n) is 4.88. The smallest absolute Gasteiger partial charge is 0.379 e. The van der Waals surface area contributed by atoms with E-state index in [9.17, 15) is 0 Å². The summed E-state index contributed by atoms with van der Waals surface area (Å²) in [7, 11) is -2.47. The Morgan fingerprint density at radius 1 is 1.17 bits per heavy atom. The molecule has 0 aromatic carbocycles. The molecule has 1 atom stereocenters. The van der Waals surface area contributed by atoms with Crippen molar-refractivity contribution in [1.29, 1.82) is 0 Å². The third-order valence-electron chi connectivity index (χ3n) is 2.98. The van der Waals surface area contributed by atoms with E-state index >= 15 is 0 Å². The molecule has 7 nitrogen and oxygen atoms in total. The van der Waals surface area contributed by atoms with Crippen molar-refractivity contribution in [1.82, 2.24) is 9.97 Å². The molecule has 0 radical (unpaired) electrons. The van der Waals surface area contributed by atoms with Crippen LogP contribution in [0.25, 0.3) is 0 Å². The largest absolute Gasteiger partial charge is 0.501 e. The summed E-state index contributed by atoms with van der Waals surface area (Å²) < 4.78 is 27.9. The fourth-order valence-corrected chi connectivity index (χ4v) is 4.57. The van der Waals surface area contributed by atoms with Gasteiger partial charge in [-0.3, -0.25) is 0 Å². The van der Waals surface area contributed by atoms with E-state index in [0.717, 1.165) is 19.1 Å². The van der Waals surface area contributed by atoms with E-state index < -0.39 is 8.80 Å². The van der Waals surface area contributed by atoms with Crippen LogP contribution < -0.4 is 0 Å². The van der Waals surface area contributed by atoms with Gasteiger partial charge in [-0.05, 0) is 27.2 Å². The number of H-pyrrole nitrogens is 1. The van der Waals surface area contributed by atoms with Crippen molar-refractivity contribution < 1.29 is 22.8 Å². The predicted molar refractivity (Wildman–Crippen MR) is 89.2 cm³/mol. The van der Waals surface area contributed by atoms with Crippen LogP contribution in [0.5, 0.6) is 0 Å². The Bertz CT molecular complexity index is 329. The van der Waals surface area contributed by atoms with Crippen LogP contribution in [0.3, 0.4) is 0 Å². The maximum Gasteiger partial charge on any atom is 0.501 e. The molecule has 2 rings (SSSR count). The van der Waals surface area contributed by atoms with E-state index in [0.29, 0.717) is 39.1 Å². The number of nitrogens with zero attached hydrogens (tertiary/aromatic N) is 1. The van der Waals surface area contributed by atoms with E-state index in [1.54, 1.807) is 18.7 Å². The van der Waals surface area contributed by atoms with Crippen LogP contribution in [-0.4, -0.2) is 64.5 Å². The molecule has 1 N–H and O–H groups in total. The average molecular weight is 346 g/mol. The van der Waals surface area contributed by atoms with Crippen molar-refractivity contribution in [3.63, 3.8) is 0 Å². The van der Waals surface area contributed by atoms with Crippen LogP contribution in [0.15, 0.2) is 18.7 Å². The first-order valence-electron chi connectivity index (χ1n) is 8.30. The Hall–Kier alpha value is -0.773. The molecule has 8 heteroatoms. The van der Waals surface area contributed by atoms with Gasteiger partial charge in [-0.25, -0.2) is 4.98 Å². The van der Waals surface area contributed by atoms with Gasteiger partial charge in [-0.1, -0.05) is 0 Å². The summed E-state index contributed by atoms with van der Waals surface area (Å²) in [6.45, 7) is 10.1. The zero-order valence-electron chi connectivity index (χ0n) is 14.5. The van der Waals surface area contributed by atoms with Gasteiger partial charge >= 0.3 is 8.80 Å². The highest BCUT2D eigenvalue weighted by Gasteiger charge is 2.39. The fourth-order valence-electron chi connectivity index (χ4n) is 1.99. The summed E-state index contributed by atoms with van der Waals surface area (Å²) in [6, 6.07) is 0.814. The zero-order valence-corrected chi connectivity index (χ0v) is 15.5. The number of epoxide rings is 1. The lowest BCUT2D eigenvalue weighted by Gasteiger charge is -2.28. The van der Waals surface area contributed by atoms with Crippen molar-refractivity contribution in [2.75, 3.05) is 39.6 Å². The Kier molecular flexibility index (Phi) is 11.1. The SMILES string of the molecule is CCO[Si](CCCOCC1CO1)(OCC)OCC.c1c[nH]cn1. The predicted octanol–water partition coefficient (Wildman–Crippen LogP) is 2.25. The number of hydrogen-bond acceptors (Lipinski definition) is 6. The Balaban J connectivity index is 0.000000446. The highest BCUT2D eigenvalue weighted by molar-refractivity contribution is 6.60. The normalized spacial score (nSPS) is 16.7. The molecule has 0 saturated carbocycles. The second-order valence-corrected chi connectivity index (χ2v) is 7.61. The summed E-state index contributed by atoms with van der Waals surface area (Å²) in [6.07, 6.45) is 6.32. The molecule has 23 heavy (non-hydrogen) atoms. The van der Waals surface area contributed by atoms with Crippen LogP contribution >= 0.6 is 0 Å². The maximum absolute atomic E-state index is 5.76. The van der Waals surface area contributed by atoms with Crippen LogP contribution in [0, 0.1) is 0 Å². The van der Waals surface area contributed by atoms with E-state index in [2.05, 4.69) is 9.97 Å². The Morgan fingerprint density at radius 3 is 2.22 bits per heavy atom. The lowest BCUT2D eigenvalue weighted by Crippen LogP contribution is -2.46. The lowest BCUT2D eigenvalue weighted by atomic mass is 10.5.